The van der Waals surface area contributed by atoms with Gasteiger partial charge in [-0.05, 0) is 5.56 Å². The minimum atomic E-state index is -0.994. The molecule has 134 valence electrons. The van der Waals surface area contributed by atoms with Crippen molar-refractivity contribution in [3.63, 3.8) is 0 Å². The summed E-state index contributed by atoms with van der Waals surface area (Å²) in [5.74, 6) is 0.423. The molecule has 7 nitrogen and oxygen atoms in total. The number of amides is 1. The second kappa shape index (κ2) is 7.50. The van der Waals surface area contributed by atoms with E-state index < -0.39 is 12.3 Å². The SMILES string of the molecule is Cc1nnc(N2C[C@@H](F)C[C@H]2CN(C)C(=O)OCc2ccccc2)o1. The molecule has 1 aromatic carbocycles. The van der Waals surface area contributed by atoms with Crippen LogP contribution < -0.4 is 4.90 Å². The molecule has 8 heteroatoms. The Morgan fingerprint density at radius 1 is 1.40 bits per heavy atom. The molecule has 0 spiro atoms. The van der Waals surface area contributed by atoms with Gasteiger partial charge in [0.05, 0.1) is 12.6 Å². The normalized spacial score (nSPS) is 19.9. The average molecular weight is 348 g/mol. The van der Waals surface area contributed by atoms with E-state index in [1.165, 1.54) is 4.90 Å². The molecule has 1 aliphatic rings. The van der Waals surface area contributed by atoms with E-state index in [0.717, 1.165) is 5.56 Å². The van der Waals surface area contributed by atoms with Gasteiger partial charge in [0.2, 0.25) is 5.89 Å². The van der Waals surface area contributed by atoms with Gasteiger partial charge in [-0.15, -0.1) is 5.10 Å². The highest BCUT2D eigenvalue weighted by molar-refractivity contribution is 5.67. The van der Waals surface area contributed by atoms with E-state index in [9.17, 15) is 9.18 Å². The molecule has 3 rings (SSSR count). The molecule has 1 fully saturated rings. The molecule has 0 saturated carbocycles. The maximum absolute atomic E-state index is 13.9. The Bertz CT molecular complexity index is 709. The third-order valence-electron chi connectivity index (χ3n) is 4.13. The lowest BCUT2D eigenvalue weighted by molar-refractivity contribution is 0.102. The first-order chi connectivity index (χ1) is 12.0. The van der Waals surface area contributed by atoms with Gasteiger partial charge in [-0.25, -0.2) is 9.18 Å². The van der Waals surface area contributed by atoms with Crippen LogP contribution in [0.1, 0.15) is 17.9 Å². The summed E-state index contributed by atoms with van der Waals surface area (Å²) in [6.07, 6.45) is -1.14. The van der Waals surface area contributed by atoms with Crippen LogP contribution in [0.3, 0.4) is 0 Å². The zero-order chi connectivity index (χ0) is 17.8. The first-order valence-electron chi connectivity index (χ1n) is 8.15. The molecule has 0 aliphatic carbocycles. The fourth-order valence-electron chi connectivity index (χ4n) is 2.89. The van der Waals surface area contributed by atoms with Crippen molar-refractivity contribution in [2.75, 3.05) is 25.0 Å². The van der Waals surface area contributed by atoms with Gasteiger partial charge in [0.1, 0.15) is 12.8 Å². The molecule has 1 aliphatic heterocycles. The Kier molecular flexibility index (Phi) is 5.16. The number of aromatic nitrogens is 2. The number of likely N-dealkylation sites (N-methyl/N-ethyl adjacent to an activating group) is 1. The topological polar surface area (TPSA) is 71.7 Å². The molecule has 2 atom stereocenters. The lowest BCUT2D eigenvalue weighted by Gasteiger charge is -2.26. The summed E-state index contributed by atoms with van der Waals surface area (Å²) in [5, 5.41) is 7.73. The summed E-state index contributed by atoms with van der Waals surface area (Å²) in [6, 6.07) is 9.50. The standard InChI is InChI=1S/C17H21FN4O3/c1-12-19-20-16(25-12)22-9-14(18)8-15(22)10-21(2)17(23)24-11-13-6-4-3-5-7-13/h3-7,14-15H,8-11H2,1-2H3/t14-,15-/m0/s1. The summed E-state index contributed by atoms with van der Waals surface area (Å²) < 4.78 is 24.6. The first-order valence-corrected chi connectivity index (χ1v) is 8.15. The van der Waals surface area contributed by atoms with Crippen molar-refractivity contribution >= 4 is 12.1 Å². The van der Waals surface area contributed by atoms with Gasteiger partial charge in [-0.3, -0.25) is 0 Å². The Hall–Kier alpha value is -2.64. The second-order valence-electron chi connectivity index (χ2n) is 6.16. The highest BCUT2D eigenvalue weighted by atomic mass is 19.1. The number of hydrogen-bond donors (Lipinski definition) is 0. The molecule has 2 heterocycles. The average Bonchev–Trinajstić information content (AvgIpc) is 3.19. The van der Waals surface area contributed by atoms with Crippen LogP contribution in [0.15, 0.2) is 34.7 Å². The summed E-state index contributed by atoms with van der Waals surface area (Å²) in [4.78, 5) is 15.3. The number of carbonyl (C=O) groups is 1. The summed E-state index contributed by atoms with van der Waals surface area (Å²) >= 11 is 0. The number of nitrogens with zero attached hydrogens (tertiary/aromatic N) is 4. The number of ether oxygens (including phenoxy) is 1. The number of benzene rings is 1. The van der Waals surface area contributed by atoms with E-state index in [0.29, 0.717) is 18.9 Å². The van der Waals surface area contributed by atoms with Crippen LogP contribution in [0, 0.1) is 6.92 Å². The van der Waals surface area contributed by atoms with Gasteiger partial charge in [0, 0.05) is 26.9 Å². The molecule has 1 saturated heterocycles. The molecular formula is C17H21FN4O3. The van der Waals surface area contributed by atoms with Gasteiger partial charge < -0.3 is 19.0 Å². The highest BCUT2D eigenvalue weighted by Gasteiger charge is 2.36. The second-order valence-corrected chi connectivity index (χ2v) is 6.16. The largest absolute Gasteiger partial charge is 0.445 e. The van der Waals surface area contributed by atoms with E-state index >= 15 is 0 Å². The molecule has 1 amide bonds. The summed E-state index contributed by atoms with van der Waals surface area (Å²) in [5.41, 5.74) is 0.914. The Morgan fingerprint density at radius 2 is 2.16 bits per heavy atom. The summed E-state index contributed by atoms with van der Waals surface area (Å²) in [6.45, 7) is 2.38. The monoisotopic (exact) mass is 348 g/mol. The van der Waals surface area contributed by atoms with E-state index in [2.05, 4.69) is 10.2 Å². The summed E-state index contributed by atoms with van der Waals surface area (Å²) in [7, 11) is 1.64. The minimum Gasteiger partial charge on any atom is -0.445 e. The number of halogens is 1. The van der Waals surface area contributed by atoms with Crippen LogP contribution in [0.5, 0.6) is 0 Å². The maximum Gasteiger partial charge on any atom is 0.409 e. The highest BCUT2D eigenvalue weighted by Crippen LogP contribution is 2.26. The third kappa shape index (κ3) is 4.26. The molecule has 2 aromatic rings. The van der Waals surface area contributed by atoms with Crippen molar-refractivity contribution in [3.05, 3.63) is 41.8 Å². The molecule has 25 heavy (non-hydrogen) atoms. The van der Waals surface area contributed by atoms with Crippen molar-refractivity contribution in [2.45, 2.75) is 32.2 Å². The van der Waals surface area contributed by atoms with E-state index in [-0.39, 0.29) is 25.2 Å². The zero-order valence-corrected chi connectivity index (χ0v) is 14.3. The molecule has 1 aromatic heterocycles. The fourth-order valence-corrected chi connectivity index (χ4v) is 2.89. The predicted molar refractivity (Wildman–Crippen MR) is 88.9 cm³/mol. The number of aryl methyl sites for hydroxylation is 1. The van der Waals surface area contributed by atoms with Crippen LogP contribution in [0.25, 0.3) is 0 Å². The maximum atomic E-state index is 13.9. The van der Waals surface area contributed by atoms with Crippen LogP contribution in [-0.4, -0.2) is 53.5 Å². The fraction of sp³-hybridized carbons (Fsp3) is 0.471. The molecular weight excluding hydrogens is 327 g/mol. The van der Waals surface area contributed by atoms with Gasteiger partial charge >= 0.3 is 12.1 Å². The van der Waals surface area contributed by atoms with Crippen molar-refractivity contribution in [1.29, 1.82) is 0 Å². The number of anilines is 1. The third-order valence-corrected chi connectivity index (χ3v) is 4.13. The lowest BCUT2D eigenvalue weighted by Crippen LogP contribution is -2.41. The number of carbonyl (C=O) groups excluding carboxylic acids is 1. The van der Waals surface area contributed by atoms with Gasteiger partial charge in [0.25, 0.3) is 0 Å². The quantitative estimate of drug-likeness (QED) is 0.827. The van der Waals surface area contributed by atoms with Crippen LogP contribution in [-0.2, 0) is 11.3 Å². The van der Waals surface area contributed by atoms with Crippen LogP contribution in [0.4, 0.5) is 15.2 Å². The molecule has 0 N–H and O–H groups in total. The van der Waals surface area contributed by atoms with Gasteiger partial charge in [-0.2, -0.15) is 0 Å². The van der Waals surface area contributed by atoms with Crippen molar-refractivity contribution in [3.8, 4) is 0 Å². The Morgan fingerprint density at radius 3 is 2.84 bits per heavy atom. The molecule has 0 radical (unpaired) electrons. The predicted octanol–water partition coefficient (Wildman–Crippen LogP) is 2.56. The number of rotatable bonds is 5. The smallest absolute Gasteiger partial charge is 0.409 e. The minimum absolute atomic E-state index is 0.180. The number of alkyl halides is 1. The van der Waals surface area contributed by atoms with Crippen molar-refractivity contribution in [2.24, 2.45) is 0 Å². The molecule has 0 unspecified atom stereocenters. The van der Waals surface area contributed by atoms with Crippen molar-refractivity contribution in [1.82, 2.24) is 15.1 Å². The first kappa shape index (κ1) is 17.2. The zero-order valence-electron chi connectivity index (χ0n) is 14.3. The van der Waals surface area contributed by atoms with E-state index in [4.69, 9.17) is 9.15 Å². The van der Waals surface area contributed by atoms with Crippen LogP contribution in [0.2, 0.25) is 0 Å². The lowest BCUT2D eigenvalue weighted by atomic mass is 10.2. The van der Waals surface area contributed by atoms with Gasteiger partial charge in [0.15, 0.2) is 0 Å². The van der Waals surface area contributed by atoms with E-state index in [1.54, 1.807) is 18.9 Å². The van der Waals surface area contributed by atoms with Crippen molar-refractivity contribution < 1.29 is 18.3 Å². The Labute approximate surface area is 145 Å². The van der Waals surface area contributed by atoms with Crippen LogP contribution >= 0.6 is 0 Å². The number of hydrogen-bond acceptors (Lipinski definition) is 6. The van der Waals surface area contributed by atoms with E-state index in [1.807, 2.05) is 30.3 Å². The molecule has 0 bridgehead atoms. The Balaban J connectivity index is 1.57. The van der Waals surface area contributed by atoms with Gasteiger partial charge in [-0.1, -0.05) is 35.4 Å².